The maximum atomic E-state index is 13.0. The highest BCUT2D eigenvalue weighted by atomic mass is 32.2. The fourth-order valence-electron chi connectivity index (χ4n) is 3.02. The van der Waals surface area contributed by atoms with Crippen LogP contribution in [0.3, 0.4) is 0 Å². The Kier molecular flexibility index (Phi) is 13.6. The van der Waals surface area contributed by atoms with Crippen LogP contribution in [-0.4, -0.2) is 85.9 Å². The van der Waals surface area contributed by atoms with Gasteiger partial charge in [-0.25, -0.2) is 4.79 Å². The largest absolute Gasteiger partial charge is 0.449 e. The average molecular weight is 618 g/mol. The standard InChI is InChI=1S/C27H39NO11S2/c1-22-6-10-24(11-7-22)40(30,31)28(26(29)39-27(3,4)5)37-20-18-35-16-14-34-15-17-36-19-21-38-41(32,33)25-12-8-23(2)9-13-25/h6-13H,14-21H2,1-5H3. The summed E-state index contributed by atoms with van der Waals surface area (Å²) in [4.78, 5) is 17.8. The van der Waals surface area contributed by atoms with Crippen molar-refractivity contribution in [3.63, 3.8) is 0 Å². The molecule has 2 aromatic carbocycles. The third kappa shape index (κ3) is 12.4. The van der Waals surface area contributed by atoms with Gasteiger partial charge >= 0.3 is 6.09 Å². The number of nitrogens with zero attached hydrogens (tertiary/aromatic N) is 1. The van der Waals surface area contributed by atoms with Crippen molar-refractivity contribution in [2.75, 3.05) is 52.9 Å². The van der Waals surface area contributed by atoms with Crippen LogP contribution in [0.25, 0.3) is 0 Å². The van der Waals surface area contributed by atoms with E-state index in [1.165, 1.54) is 24.3 Å². The van der Waals surface area contributed by atoms with Crippen molar-refractivity contribution in [3.05, 3.63) is 59.7 Å². The van der Waals surface area contributed by atoms with Crippen molar-refractivity contribution in [1.29, 1.82) is 0 Å². The first kappa shape index (κ1) is 34.6. The summed E-state index contributed by atoms with van der Waals surface area (Å²) in [6.07, 6.45) is -1.17. The lowest BCUT2D eigenvalue weighted by Crippen LogP contribution is -2.41. The van der Waals surface area contributed by atoms with E-state index in [9.17, 15) is 21.6 Å². The molecule has 12 nitrogen and oxygen atoms in total. The summed E-state index contributed by atoms with van der Waals surface area (Å²) < 4.78 is 76.7. The van der Waals surface area contributed by atoms with Crippen LogP contribution in [-0.2, 0) is 48.1 Å². The van der Waals surface area contributed by atoms with Gasteiger partial charge in [0.15, 0.2) is 0 Å². The second-order valence-electron chi connectivity index (χ2n) is 9.79. The van der Waals surface area contributed by atoms with E-state index in [-0.39, 0.29) is 67.1 Å². The molecule has 1 amide bonds. The minimum atomic E-state index is -4.33. The summed E-state index contributed by atoms with van der Waals surface area (Å²) >= 11 is 0. The Bertz CT molecular complexity index is 1290. The molecule has 0 fully saturated rings. The van der Waals surface area contributed by atoms with E-state index >= 15 is 0 Å². The number of hydrogen-bond acceptors (Lipinski definition) is 11. The van der Waals surface area contributed by atoms with Gasteiger partial charge in [-0.1, -0.05) is 39.9 Å². The summed E-state index contributed by atoms with van der Waals surface area (Å²) in [7, 11) is -8.16. The van der Waals surface area contributed by atoms with Gasteiger partial charge in [0.2, 0.25) is 0 Å². The van der Waals surface area contributed by atoms with Crippen molar-refractivity contribution >= 4 is 26.2 Å². The van der Waals surface area contributed by atoms with Crippen molar-refractivity contribution in [3.8, 4) is 0 Å². The molecule has 0 saturated heterocycles. The van der Waals surface area contributed by atoms with Crippen LogP contribution in [0.5, 0.6) is 0 Å². The van der Waals surface area contributed by atoms with Crippen LogP contribution in [0.4, 0.5) is 4.79 Å². The first-order valence-electron chi connectivity index (χ1n) is 12.9. The molecule has 0 aliphatic heterocycles. The molecule has 0 aliphatic carbocycles. The number of aryl methyl sites for hydroxylation is 2. The molecule has 0 heterocycles. The van der Waals surface area contributed by atoms with Gasteiger partial charge in [-0.15, -0.1) is 0 Å². The molecule has 0 aliphatic rings. The summed E-state index contributed by atoms with van der Waals surface area (Å²) in [5.41, 5.74) is 0.861. The number of carbonyl (C=O) groups is 1. The third-order valence-electron chi connectivity index (χ3n) is 5.04. The van der Waals surface area contributed by atoms with Gasteiger partial charge < -0.3 is 18.9 Å². The zero-order valence-electron chi connectivity index (χ0n) is 24.0. The quantitative estimate of drug-likeness (QED) is 0.146. The highest BCUT2D eigenvalue weighted by Crippen LogP contribution is 2.20. The van der Waals surface area contributed by atoms with Crippen LogP contribution < -0.4 is 0 Å². The van der Waals surface area contributed by atoms with Gasteiger partial charge in [0, 0.05) is 0 Å². The van der Waals surface area contributed by atoms with E-state index < -0.39 is 31.8 Å². The van der Waals surface area contributed by atoms with Crippen LogP contribution in [0, 0.1) is 13.8 Å². The van der Waals surface area contributed by atoms with Crippen LogP contribution in [0.15, 0.2) is 58.3 Å². The Balaban J connectivity index is 1.63. The molecule has 2 aromatic rings. The highest BCUT2D eigenvalue weighted by molar-refractivity contribution is 7.89. The Morgan fingerprint density at radius 2 is 1.07 bits per heavy atom. The lowest BCUT2D eigenvalue weighted by molar-refractivity contribution is -0.104. The van der Waals surface area contributed by atoms with Gasteiger partial charge in [-0.2, -0.15) is 16.8 Å². The zero-order valence-corrected chi connectivity index (χ0v) is 25.7. The molecular weight excluding hydrogens is 578 g/mol. The Morgan fingerprint density at radius 3 is 1.54 bits per heavy atom. The molecule has 14 heteroatoms. The zero-order chi connectivity index (χ0) is 30.5. The first-order chi connectivity index (χ1) is 19.2. The molecule has 0 atom stereocenters. The second kappa shape index (κ2) is 16.2. The molecule has 0 bridgehead atoms. The normalized spacial score (nSPS) is 12.3. The van der Waals surface area contributed by atoms with Crippen molar-refractivity contribution in [2.45, 2.75) is 50.0 Å². The van der Waals surface area contributed by atoms with E-state index in [2.05, 4.69) is 0 Å². The fraction of sp³-hybridized carbons (Fsp3) is 0.519. The molecule has 0 unspecified atom stereocenters. The summed E-state index contributed by atoms with van der Waals surface area (Å²) in [5.74, 6) is 0. The molecule has 0 saturated carbocycles. The number of benzene rings is 2. The monoisotopic (exact) mass is 617 g/mol. The average Bonchev–Trinajstić information content (AvgIpc) is 2.88. The Labute approximate surface area is 242 Å². The lowest BCUT2D eigenvalue weighted by atomic mass is 10.2. The smallest absolute Gasteiger partial charge is 0.441 e. The Hall–Kier alpha value is -2.59. The summed E-state index contributed by atoms with van der Waals surface area (Å²) in [6.45, 7) is 9.06. The number of hydrogen-bond donors (Lipinski definition) is 0. The summed E-state index contributed by atoms with van der Waals surface area (Å²) in [5, 5.41) is 0. The van der Waals surface area contributed by atoms with Crippen LogP contribution >= 0.6 is 0 Å². The molecule has 0 spiro atoms. The highest BCUT2D eigenvalue weighted by Gasteiger charge is 2.34. The minimum absolute atomic E-state index is 0.0185. The maximum absolute atomic E-state index is 13.0. The van der Waals surface area contributed by atoms with Crippen LogP contribution in [0.2, 0.25) is 0 Å². The van der Waals surface area contributed by atoms with Gasteiger partial charge in [0.05, 0.1) is 62.6 Å². The first-order valence-corrected chi connectivity index (χ1v) is 15.7. The topological polar surface area (TPSA) is 144 Å². The molecule has 0 aromatic heterocycles. The fourth-order valence-corrected chi connectivity index (χ4v) is 5.03. The SMILES string of the molecule is Cc1ccc(S(=O)(=O)OCCOCCOCCOCCON(C(=O)OC(C)(C)C)S(=O)(=O)c2ccc(C)cc2)cc1. The molecular formula is C27H39NO11S2. The molecule has 0 radical (unpaired) electrons. The van der Waals surface area contributed by atoms with Gasteiger partial charge in [0.1, 0.15) is 5.60 Å². The maximum Gasteiger partial charge on any atom is 0.449 e. The van der Waals surface area contributed by atoms with Gasteiger partial charge in [-0.05, 0) is 58.9 Å². The predicted octanol–water partition coefficient (Wildman–Crippen LogP) is 3.62. The number of sulfonamides is 1. The minimum Gasteiger partial charge on any atom is -0.441 e. The van der Waals surface area contributed by atoms with Crippen LogP contribution in [0.1, 0.15) is 31.9 Å². The van der Waals surface area contributed by atoms with Crippen molar-refractivity contribution < 1.29 is 49.6 Å². The Morgan fingerprint density at radius 1 is 0.659 bits per heavy atom. The number of carbonyl (C=O) groups excluding carboxylic acids is 1. The van der Waals surface area contributed by atoms with E-state index in [1.807, 2.05) is 13.8 Å². The molecule has 2 rings (SSSR count). The number of ether oxygens (including phenoxy) is 4. The van der Waals surface area contributed by atoms with E-state index in [4.69, 9.17) is 28.0 Å². The second-order valence-corrected chi connectivity index (χ2v) is 13.2. The van der Waals surface area contributed by atoms with Gasteiger partial charge in [-0.3, -0.25) is 9.02 Å². The van der Waals surface area contributed by atoms with Crippen molar-refractivity contribution in [1.82, 2.24) is 4.47 Å². The molecule has 230 valence electrons. The number of rotatable bonds is 17. The number of hydroxylamine groups is 1. The van der Waals surface area contributed by atoms with E-state index in [1.54, 1.807) is 45.0 Å². The number of amides is 1. The predicted molar refractivity (Wildman–Crippen MR) is 149 cm³/mol. The van der Waals surface area contributed by atoms with E-state index in [0.717, 1.165) is 11.1 Å². The van der Waals surface area contributed by atoms with Crippen molar-refractivity contribution in [2.24, 2.45) is 0 Å². The summed E-state index contributed by atoms with van der Waals surface area (Å²) in [6, 6.07) is 12.3. The van der Waals surface area contributed by atoms with E-state index in [0.29, 0.717) is 0 Å². The molecule has 41 heavy (non-hydrogen) atoms. The lowest BCUT2D eigenvalue weighted by Gasteiger charge is -2.26. The third-order valence-corrected chi connectivity index (χ3v) is 7.92. The molecule has 0 N–H and O–H groups in total. The van der Waals surface area contributed by atoms with Gasteiger partial charge in [0.25, 0.3) is 20.1 Å².